The van der Waals surface area contributed by atoms with Crippen molar-refractivity contribution in [2.75, 3.05) is 18.0 Å². The molecule has 0 atom stereocenters. The number of piperidine rings is 1. The first-order chi connectivity index (χ1) is 14.1. The Kier molecular flexibility index (Phi) is 4.42. The van der Waals surface area contributed by atoms with Gasteiger partial charge in [-0.2, -0.15) is 4.98 Å². The Balaban J connectivity index is 1.81. The summed E-state index contributed by atoms with van der Waals surface area (Å²) in [6, 6.07) is 7.95. The molecule has 1 fully saturated rings. The molecule has 6 heteroatoms. The monoisotopic (exact) mass is 388 g/mol. The molecule has 2 aromatic heterocycles. The number of H-pyrrole nitrogens is 1. The zero-order chi connectivity index (χ0) is 20.0. The van der Waals surface area contributed by atoms with Crippen LogP contribution in [0.4, 0.5) is 5.95 Å². The molecule has 1 aliphatic carbocycles. The van der Waals surface area contributed by atoms with Crippen molar-refractivity contribution in [2.45, 2.75) is 45.4 Å². The molecular formula is C23H24N4O2. The quantitative estimate of drug-likeness (QED) is 0.722. The molecule has 1 aromatic carbocycles. The van der Waals surface area contributed by atoms with E-state index in [0.29, 0.717) is 34.5 Å². The lowest BCUT2D eigenvalue weighted by atomic mass is 9.86. The number of nitrogens with zero attached hydrogens (tertiary/aromatic N) is 3. The zero-order valence-electron chi connectivity index (χ0n) is 16.6. The number of nitrogens with one attached hydrogen (secondary N) is 1. The first-order valence-corrected chi connectivity index (χ1v) is 10.4. The first kappa shape index (κ1) is 18.0. The average molecular weight is 388 g/mol. The second kappa shape index (κ2) is 7.10. The maximum Gasteiger partial charge on any atom is 0.262 e. The Morgan fingerprint density at radius 2 is 1.79 bits per heavy atom. The molecule has 6 nitrogen and oxygen atoms in total. The number of aromatic amines is 1. The van der Waals surface area contributed by atoms with E-state index >= 15 is 0 Å². The standard InChI is InChI=1S/C23H24N4O2/c1-14-7-5-8-15(13-14)18-19-16(9-6-10-17(19)28)24-21-20(18)22(29)26-23(25-21)27-11-3-2-4-12-27/h5,7-8,13H,2-4,6,9-12H2,1H3,(H,24,25,26,29). The third-order valence-corrected chi connectivity index (χ3v) is 5.98. The highest BCUT2D eigenvalue weighted by Crippen LogP contribution is 2.35. The summed E-state index contributed by atoms with van der Waals surface area (Å²) in [5, 5.41) is 0.422. The minimum absolute atomic E-state index is 0.0664. The van der Waals surface area contributed by atoms with Crippen molar-refractivity contribution >= 4 is 22.8 Å². The fraction of sp³-hybridized carbons (Fsp3) is 0.391. The number of anilines is 1. The molecule has 0 radical (unpaired) electrons. The molecule has 148 valence electrons. The van der Waals surface area contributed by atoms with Gasteiger partial charge in [0.1, 0.15) is 0 Å². The maximum atomic E-state index is 13.2. The van der Waals surface area contributed by atoms with E-state index in [9.17, 15) is 9.59 Å². The highest BCUT2D eigenvalue weighted by molar-refractivity contribution is 6.10. The predicted molar refractivity (Wildman–Crippen MR) is 114 cm³/mol. The molecule has 0 amide bonds. The molecule has 1 N–H and O–H groups in total. The van der Waals surface area contributed by atoms with Crippen LogP contribution in [0.25, 0.3) is 22.2 Å². The van der Waals surface area contributed by atoms with E-state index in [4.69, 9.17) is 9.97 Å². The van der Waals surface area contributed by atoms with Gasteiger partial charge in [-0.05, 0) is 44.6 Å². The van der Waals surface area contributed by atoms with Gasteiger partial charge in [0.25, 0.3) is 5.56 Å². The van der Waals surface area contributed by atoms with Gasteiger partial charge < -0.3 is 4.90 Å². The van der Waals surface area contributed by atoms with Crippen molar-refractivity contribution in [3.05, 3.63) is 51.4 Å². The number of Topliss-reactive ketones (excluding diaryl/α,β-unsaturated/α-hetero) is 1. The second-order valence-corrected chi connectivity index (χ2v) is 8.09. The fourth-order valence-electron chi connectivity index (χ4n) is 4.58. The zero-order valence-corrected chi connectivity index (χ0v) is 16.6. The maximum absolute atomic E-state index is 13.2. The number of hydrogen-bond donors (Lipinski definition) is 1. The van der Waals surface area contributed by atoms with Crippen LogP contribution in [0.3, 0.4) is 0 Å². The number of ketones is 1. The molecule has 3 heterocycles. The van der Waals surface area contributed by atoms with Crippen molar-refractivity contribution in [2.24, 2.45) is 0 Å². The molecule has 1 saturated heterocycles. The number of aryl methyl sites for hydroxylation is 2. The Bertz CT molecular complexity index is 1180. The number of benzene rings is 1. The normalized spacial score (nSPS) is 16.9. The average Bonchev–Trinajstić information content (AvgIpc) is 2.73. The van der Waals surface area contributed by atoms with Crippen molar-refractivity contribution in [3.8, 4) is 11.1 Å². The topological polar surface area (TPSA) is 79.0 Å². The molecule has 3 aromatic rings. The van der Waals surface area contributed by atoms with Gasteiger partial charge >= 0.3 is 0 Å². The Morgan fingerprint density at radius 3 is 2.59 bits per heavy atom. The van der Waals surface area contributed by atoms with Gasteiger partial charge in [0.15, 0.2) is 11.4 Å². The molecular weight excluding hydrogens is 364 g/mol. The molecule has 0 unspecified atom stereocenters. The molecule has 2 aliphatic rings. The van der Waals surface area contributed by atoms with Gasteiger partial charge in [-0.3, -0.25) is 14.6 Å². The molecule has 0 saturated carbocycles. The fourth-order valence-corrected chi connectivity index (χ4v) is 4.58. The number of aromatic nitrogens is 3. The number of fused-ring (bicyclic) bond motifs is 2. The number of carbonyl (C=O) groups is 1. The van der Waals surface area contributed by atoms with Crippen LogP contribution in [0.1, 0.15) is 53.7 Å². The number of hydrogen-bond acceptors (Lipinski definition) is 5. The Labute approximate surface area is 169 Å². The predicted octanol–water partition coefficient (Wildman–Crippen LogP) is 3.80. The lowest BCUT2D eigenvalue weighted by Gasteiger charge is -2.27. The summed E-state index contributed by atoms with van der Waals surface area (Å²) in [6.45, 7) is 3.79. The van der Waals surface area contributed by atoms with Crippen molar-refractivity contribution in [3.63, 3.8) is 0 Å². The van der Waals surface area contributed by atoms with Gasteiger partial charge in [0.2, 0.25) is 5.95 Å². The molecule has 0 spiro atoms. The van der Waals surface area contributed by atoms with Gasteiger partial charge in [-0.1, -0.05) is 29.8 Å². The molecule has 5 rings (SSSR count). The summed E-state index contributed by atoms with van der Waals surface area (Å²) in [6.07, 6.45) is 5.43. The van der Waals surface area contributed by atoms with E-state index in [1.165, 1.54) is 6.42 Å². The SMILES string of the molecule is Cc1cccc(-c2c3c(nc4nc(N5CCCCC5)[nH]c(=O)c24)CCCC3=O)c1. The van der Waals surface area contributed by atoms with Crippen LogP contribution < -0.4 is 10.5 Å². The third-order valence-electron chi connectivity index (χ3n) is 5.98. The Morgan fingerprint density at radius 1 is 0.966 bits per heavy atom. The molecule has 1 aliphatic heterocycles. The van der Waals surface area contributed by atoms with Gasteiger partial charge in [0, 0.05) is 30.6 Å². The molecule has 0 bridgehead atoms. The summed E-state index contributed by atoms with van der Waals surface area (Å²) >= 11 is 0. The smallest absolute Gasteiger partial charge is 0.262 e. The lowest BCUT2D eigenvalue weighted by Crippen LogP contribution is -2.32. The van der Waals surface area contributed by atoms with E-state index in [-0.39, 0.29) is 11.3 Å². The van der Waals surface area contributed by atoms with Gasteiger partial charge in [-0.25, -0.2) is 4.98 Å². The summed E-state index contributed by atoms with van der Waals surface area (Å²) in [4.78, 5) is 40.7. The summed E-state index contributed by atoms with van der Waals surface area (Å²) in [5.41, 5.74) is 4.25. The summed E-state index contributed by atoms with van der Waals surface area (Å²) in [5.74, 6) is 0.656. The number of carbonyl (C=O) groups excluding carboxylic acids is 1. The lowest BCUT2D eigenvalue weighted by molar-refractivity contribution is 0.0972. The van der Waals surface area contributed by atoms with E-state index in [1.54, 1.807) is 0 Å². The van der Waals surface area contributed by atoms with Crippen LogP contribution in [0.5, 0.6) is 0 Å². The van der Waals surface area contributed by atoms with Crippen LogP contribution in [0.2, 0.25) is 0 Å². The number of rotatable bonds is 2. The van der Waals surface area contributed by atoms with Crippen LogP contribution >= 0.6 is 0 Å². The van der Waals surface area contributed by atoms with Crippen molar-refractivity contribution < 1.29 is 4.79 Å². The summed E-state index contributed by atoms with van der Waals surface area (Å²) < 4.78 is 0. The van der Waals surface area contributed by atoms with Gasteiger partial charge in [-0.15, -0.1) is 0 Å². The van der Waals surface area contributed by atoms with Crippen LogP contribution in [0, 0.1) is 6.92 Å². The number of pyridine rings is 1. The highest BCUT2D eigenvalue weighted by Gasteiger charge is 2.28. The Hall–Kier alpha value is -3.02. The van der Waals surface area contributed by atoms with Crippen LogP contribution in [-0.4, -0.2) is 33.8 Å². The minimum Gasteiger partial charge on any atom is -0.342 e. The van der Waals surface area contributed by atoms with Crippen molar-refractivity contribution in [1.82, 2.24) is 15.0 Å². The first-order valence-electron chi connectivity index (χ1n) is 10.4. The second-order valence-electron chi connectivity index (χ2n) is 8.09. The van der Waals surface area contributed by atoms with Gasteiger partial charge in [0.05, 0.1) is 11.1 Å². The van der Waals surface area contributed by atoms with E-state index in [1.807, 2.05) is 31.2 Å². The van der Waals surface area contributed by atoms with E-state index < -0.39 is 0 Å². The van der Waals surface area contributed by atoms with E-state index in [0.717, 1.165) is 55.6 Å². The third kappa shape index (κ3) is 3.12. The van der Waals surface area contributed by atoms with E-state index in [2.05, 4.69) is 9.88 Å². The largest absolute Gasteiger partial charge is 0.342 e. The van der Waals surface area contributed by atoms with Crippen LogP contribution in [-0.2, 0) is 6.42 Å². The molecule has 29 heavy (non-hydrogen) atoms. The van der Waals surface area contributed by atoms with Crippen LogP contribution in [0.15, 0.2) is 29.1 Å². The highest BCUT2D eigenvalue weighted by atomic mass is 16.1. The van der Waals surface area contributed by atoms with Crippen molar-refractivity contribution in [1.29, 1.82) is 0 Å². The minimum atomic E-state index is -0.222. The summed E-state index contributed by atoms with van der Waals surface area (Å²) in [7, 11) is 0.